The molecule has 0 radical (unpaired) electrons. The Bertz CT molecular complexity index is 900. The third-order valence-electron chi connectivity index (χ3n) is 5.75. The number of rotatable bonds is 4. The van der Waals surface area contributed by atoms with Crippen LogP contribution >= 0.6 is 11.3 Å². The molecule has 1 aromatic heterocycles. The van der Waals surface area contributed by atoms with Gasteiger partial charge in [0, 0.05) is 12.0 Å². The summed E-state index contributed by atoms with van der Waals surface area (Å²) in [4.78, 5) is 32.6. The van der Waals surface area contributed by atoms with Crippen LogP contribution in [-0.2, 0) is 4.79 Å². The molecule has 0 spiro atoms. The van der Waals surface area contributed by atoms with Crippen LogP contribution in [0.15, 0.2) is 24.3 Å². The Kier molecular flexibility index (Phi) is 3.47. The Hall–Kier alpha value is -2.21. The summed E-state index contributed by atoms with van der Waals surface area (Å²) >= 11 is 1.63. The topological polar surface area (TPSA) is 76.3 Å². The van der Waals surface area contributed by atoms with Crippen molar-refractivity contribution in [1.29, 1.82) is 0 Å². The number of carbonyl (C=O) groups is 2. The van der Waals surface area contributed by atoms with Gasteiger partial charge in [0.05, 0.1) is 9.88 Å². The molecule has 1 aliphatic heterocycles. The van der Waals surface area contributed by atoms with Crippen molar-refractivity contribution in [3.63, 3.8) is 0 Å². The smallest absolute Gasteiger partial charge is 0.274 e. The summed E-state index contributed by atoms with van der Waals surface area (Å²) in [5, 5.41) is 1.05. The molecule has 1 saturated heterocycles. The molecule has 0 unspecified atom stereocenters. The average molecular weight is 367 g/mol. The first-order valence-corrected chi connectivity index (χ1v) is 10.0. The van der Waals surface area contributed by atoms with E-state index in [9.17, 15) is 9.59 Å². The second kappa shape index (κ2) is 5.64. The number of thiazole rings is 1. The molecular weight excluding hydrogens is 346 g/mol. The lowest BCUT2D eigenvalue weighted by atomic mass is 10.1. The van der Waals surface area contributed by atoms with Crippen LogP contribution in [-0.4, -0.2) is 33.8 Å². The molecule has 2 aromatic rings. The zero-order valence-electron chi connectivity index (χ0n) is 14.6. The van der Waals surface area contributed by atoms with Gasteiger partial charge in [-0.3, -0.25) is 9.59 Å². The van der Waals surface area contributed by atoms with E-state index in [2.05, 4.69) is 12.1 Å². The van der Waals surface area contributed by atoms with Crippen molar-refractivity contribution < 1.29 is 9.59 Å². The summed E-state index contributed by atoms with van der Waals surface area (Å²) in [6.07, 6.45) is 3.97. The Morgan fingerprint density at radius 2 is 1.92 bits per heavy atom. The second-order valence-electron chi connectivity index (χ2n) is 7.80. The van der Waals surface area contributed by atoms with Crippen molar-refractivity contribution in [3.8, 4) is 10.4 Å². The van der Waals surface area contributed by atoms with Gasteiger partial charge in [-0.2, -0.15) is 0 Å². The monoisotopic (exact) mass is 367 g/mol. The molecule has 3 aliphatic rings. The highest BCUT2D eigenvalue weighted by Gasteiger charge is 2.56. The SMILES string of the molecule is Cc1ccc(-c2sc(C3CC3)nc2C(=O)N2[C@H](C(N)=O)C[C@@H]3C[C@@H]32)cc1. The van der Waals surface area contributed by atoms with Gasteiger partial charge in [-0.05, 0) is 44.1 Å². The van der Waals surface area contributed by atoms with E-state index >= 15 is 0 Å². The van der Waals surface area contributed by atoms with Gasteiger partial charge >= 0.3 is 0 Å². The zero-order valence-corrected chi connectivity index (χ0v) is 15.5. The number of benzene rings is 1. The summed E-state index contributed by atoms with van der Waals surface area (Å²) < 4.78 is 0. The first-order chi connectivity index (χ1) is 12.5. The predicted octanol–water partition coefficient (Wildman–Crippen LogP) is 3.08. The summed E-state index contributed by atoms with van der Waals surface area (Å²) in [6, 6.07) is 7.88. The molecule has 26 heavy (non-hydrogen) atoms. The van der Waals surface area contributed by atoms with Gasteiger partial charge in [0.25, 0.3) is 5.91 Å². The number of piperidine rings is 1. The third-order valence-corrected chi connectivity index (χ3v) is 7.02. The fourth-order valence-electron chi connectivity index (χ4n) is 4.01. The van der Waals surface area contributed by atoms with Gasteiger partial charge in [0.15, 0.2) is 0 Å². The molecule has 2 N–H and O–H groups in total. The highest BCUT2D eigenvalue weighted by Crippen LogP contribution is 2.50. The van der Waals surface area contributed by atoms with Crippen molar-refractivity contribution in [2.24, 2.45) is 11.7 Å². The number of hydrogen-bond donors (Lipinski definition) is 1. The Balaban J connectivity index is 1.56. The van der Waals surface area contributed by atoms with Crippen LogP contribution in [0.3, 0.4) is 0 Å². The fraction of sp³-hybridized carbons (Fsp3) is 0.450. The number of likely N-dealkylation sites (tertiary alicyclic amines) is 1. The van der Waals surface area contributed by atoms with Gasteiger partial charge in [-0.1, -0.05) is 29.8 Å². The minimum absolute atomic E-state index is 0.127. The van der Waals surface area contributed by atoms with Gasteiger partial charge < -0.3 is 10.6 Å². The van der Waals surface area contributed by atoms with Gasteiger partial charge in [-0.15, -0.1) is 11.3 Å². The van der Waals surface area contributed by atoms with Crippen LogP contribution in [0.4, 0.5) is 0 Å². The highest BCUT2D eigenvalue weighted by molar-refractivity contribution is 7.15. The second-order valence-corrected chi connectivity index (χ2v) is 8.83. The summed E-state index contributed by atoms with van der Waals surface area (Å²) in [6.45, 7) is 2.05. The molecule has 5 rings (SSSR count). The summed E-state index contributed by atoms with van der Waals surface area (Å²) in [5.74, 6) is 0.392. The number of nitrogens with zero attached hydrogens (tertiary/aromatic N) is 2. The van der Waals surface area contributed by atoms with Gasteiger partial charge in [0.1, 0.15) is 11.7 Å². The van der Waals surface area contributed by atoms with Gasteiger partial charge in [-0.25, -0.2) is 4.98 Å². The van der Waals surface area contributed by atoms with Crippen LogP contribution in [0.1, 0.15) is 52.7 Å². The zero-order chi connectivity index (χ0) is 18.0. The Labute approximate surface area is 156 Å². The molecule has 3 atom stereocenters. The molecule has 2 aliphatic carbocycles. The van der Waals surface area contributed by atoms with E-state index in [1.165, 1.54) is 5.56 Å². The molecule has 1 aromatic carbocycles. The maximum absolute atomic E-state index is 13.4. The van der Waals surface area contributed by atoms with E-state index in [-0.39, 0.29) is 11.9 Å². The molecule has 5 nitrogen and oxygen atoms in total. The lowest BCUT2D eigenvalue weighted by molar-refractivity contribution is -0.122. The van der Waals surface area contributed by atoms with Crippen molar-refractivity contribution in [2.45, 2.75) is 50.6 Å². The van der Waals surface area contributed by atoms with Crippen LogP contribution < -0.4 is 5.73 Å². The third kappa shape index (κ3) is 2.55. The van der Waals surface area contributed by atoms with Crippen molar-refractivity contribution >= 4 is 23.2 Å². The summed E-state index contributed by atoms with van der Waals surface area (Å²) in [7, 11) is 0. The summed E-state index contributed by atoms with van der Waals surface area (Å²) in [5.41, 5.74) is 8.27. The number of carbonyl (C=O) groups excluding carboxylic acids is 2. The molecule has 2 heterocycles. The first-order valence-electron chi connectivity index (χ1n) is 9.22. The minimum atomic E-state index is -0.483. The van der Waals surface area contributed by atoms with Crippen molar-refractivity contribution in [1.82, 2.24) is 9.88 Å². The van der Waals surface area contributed by atoms with Crippen molar-refractivity contribution in [2.75, 3.05) is 0 Å². The molecule has 0 bridgehead atoms. The number of hydrogen-bond acceptors (Lipinski definition) is 4. The molecule has 6 heteroatoms. The van der Waals surface area contributed by atoms with Crippen LogP contribution in [0, 0.1) is 12.8 Å². The lowest BCUT2D eigenvalue weighted by Gasteiger charge is -2.24. The van der Waals surface area contributed by atoms with E-state index in [1.807, 2.05) is 19.1 Å². The van der Waals surface area contributed by atoms with E-state index in [0.717, 1.165) is 34.7 Å². The largest absolute Gasteiger partial charge is 0.368 e. The first kappa shape index (κ1) is 16.0. The van der Waals surface area contributed by atoms with E-state index in [0.29, 0.717) is 24.0 Å². The average Bonchev–Trinajstić information content (AvgIpc) is 3.54. The van der Waals surface area contributed by atoms with E-state index in [1.54, 1.807) is 16.2 Å². The quantitative estimate of drug-likeness (QED) is 0.902. The fourth-order valence-corrected chi connectivity index (χ4v) is 5.24. The maximum Gasteiger partial charge on any atom is 0.274 e. The van der Waals surface area contributed by atoms with E-state index < -0.39 is 11.9 Å². The number of nitrogens with two attached hydrogens (primary N) is 1. The van der Waals surface area contributed by atoms with Gasteiger partial charge in [0.2, 0.25) is 5.91 Å². The Morgan fingerprint density at radius 1 is 1.19 bits per heavy atom. The highest BCUT2D eigenvalue weighted by atomic mass is 32.1. The molecule has 2 amide bonds. The molecule has 134 valence electrons. The number of aromatic nitrogens is 1. The van der Waals surface area contributed by atoms with Crippen LogP contribution in [0.5, 0.6) is 0 Å². The van der Waals surface area contributed by atoms with Crippen LogP contribution in [0.25, 0.3) is 10.4 Å². The standard InChI is InChI=1S/C20H21N3O2S/c1-10-2-4-11(5-3-10)17-16(22-19(26-17)12-6-7-12)20(25)23-14-8-13(14)9-15(23)18(21)24/h2-5,12-15H,6-9H2,1H3,(H2,21,24)/t13-,14-,15-/m0/s1. The normalized spacial score (nSPS) is 26.7. The molecular formula is C20H21N3O2S. The predicted molar refractivity (Wildman–Crippen MR) is 99.9 cm³/mol. The Morgan fingerprint density at radius 3 is 2.58 bits per heavy atom. The number of amides is 2. The minimum Gasteiger partial charge on any atom is -0.368 e. The molecule has 3 fully saturated rings. The van der Waals surface area contributed by atoms with E-state index in [4.69, 9.17) is 10.7 Å². The number of fused-ring (bicyclic) bond motifs is 1. The lowest BCUT2D eigenvalue weighted by Crippen LogP contribution is -2.46. The number of primary amides is 1. The van der Waals surface area contributed by atoms with Crippen LogP contribution in [0.2, 0.25) is 0 Å². The molecule has 2 saturated carbocycles. The number of aryl methyl sites for hydroxylation is 1. The van der Waals surface area contributed by atoms with Crippen molar-refractivity contribution in [3.05, 3.63) is 40.5 Å². The maximum atomic E-state index is 13.4.